The topological polar surface area (TPSA) is 110 Å². The van der Waals surface area contributed by atoms with E-state index < -0.39 is 23.0 Å². The van der Waals surface area contributed by atoms with E-state index in [2.05, 4.69) is 10.3 Å². The van der Waals surface area contributed by atoms with Gasteiger partial charge in [-0.1, -0.05) is 0 Å². The van der Waals surface area contributed by atoms with Crippen molar-refractivity contribution in [2.75, 3.05) is 13.2 Å². The quantitative estimate of drug-likeness (QED) is 0.825. The summed E-state index contributed by atoms with van der Waals surface area (Å²) in [5.41, 5.74) is -1.52. The maximum Gasteiger partial charge on any atom is 0.331 e. The molecule has 1 fully saturated rings. The fourth-order valence-corrected chi connectivity index (χ4v) is 3.18. The molecule has 1 amide bonds. The van der Waals surface area contributed by atoms with Gasteiger partial charge < -0.3 is 15.2 Å². The van der Waals surface area contributed by atoms with Crippen molar-refractivity contribution in [1.82, 2.24) is 14.7 Å². The van der Waals surface area contributed by atoms with Gasteiger partial charge >= 0.3 is 5.97 Å². The first-order valence-electron chi connectivity index (χ1n) is 6.54. The monoisotopic (exact) mass is 323 g/mol. The van der Waals surface area contributed by atoms with Gasteiger partial charge in [0.25, 0.3) is 11.5 Å². The number of carboxylic acid groups (broad SMARTS) is 1. The summed E-state index contributed by atoms with van der Waals surface area (Å²) in [6.07, 6.45) is 1.33. The van der Waals surface area contributed by atoms with Crippen molar-refractivity contribution in [3.63, 3.8) is 0 Å². The number of ether oxygens (including phenoxy) is 1. The van der Waals surface area contributed by atoms with Crippen LogP contribution in [0.1, 0.15) is 22.5 Å². The minimum atomic E-state index is -1.49. The highest BCUT2D eigenvalue weighted by Gasteiger charge is 2.44. The van der Waals surface area contributed by atoms with Crippen LogP contribution in [0.15, 0.2) is 16.4 Å². The molecule has 1 aliphatic heterocycles. The fourth-order valence-electron chi connectivity index (χ4n) is 2.35. The molecule has 9 heteroatoms. The zero-order valence-corrected chi connectivity index (χ0v) is 12.5. The van der Waals surface area contributed by atoms with Crippen LogP contribution in [0.4, 0.5) is 0 Å². The Hall–Kier alpha value is -2.26. The third-order valence-corrected chi connectivity index (χ3v) is 4.60. The molecule has 8 nitrogen and oxygen atoms in total. The van der Waals surface area contributed by atoms with Gasteiger partial charge in [-0.25, -0.2) is 9.78 Å². The molecular weight excluding hydrogens is 310 g/mol. The number of aliphatic carboxylic acids is 1. The van der Waals surface area contributed by atoms with Crippen LogP contribution in [0.2, 0.25) is 0 Å². The average molecular weight is 323 g/mol. The van der Waals surface area contributed by atoms with Crippen LogP contribution >= 0.6 is 11.3 Å². The van der Waals surface area contributed by atoms with Crippen LogP contribution in [0.3, 0.4) is 0 Å². The summed E-state index contributed by atoms with van der Waals surface area (Å²) < 4.78 is 6.40. The molecule has 1 saturated heterocycles. The summed E-state index contributed by atoms with van der Waals surface area (Å²) in [6, 6.07) is 0. The van der Waals surface area contributed by atoms with Gasteiger partial charge in [0.1, 0.15) is 5.56 Å². The van der Waals surface area contributed by atoms with Gasteiger partial charge in [0.05, 0.1) is 6.61 Å². The summed E-state index contributed by atoms with van der Waals surface area (Å²) >= 11 is 1.29. The summed E-state index contributed by atoms with van der Waals surface area (Å²) in [5.74, 6) is -1.94. The Morgan fingerprint density at radius 3 is 2.95 bits per heavy atom. The van der Waals surface area contributed by atoms with E-state index in [0.29, 0.717) is 10.7 Å². The molecule has 2 N–H and O–H groups in total. The van der Waals surface area contributed by atoms with Gasteiger partial charge in [-0.2, -0.15) is 0 Å². The SMILES string of the molecule is Cc1csc2ncc(C(=O)NC3(C(=O)O)CCOC3)c(=O)n12. The zero-order chi connectivity index (χ0) is 15.9. The first kappa shape index (κ1) is 14.7. The molecule has 2 aromatic rings. The molecule has 0 spiro atoms. The lowest BCUT2D eigenvalue weighted by Crippen LogP contribution is -2.55. The third-order valence-electron chi connectivity index (χ3n) is 3.64. The highest BCUT2D eigenvalue weighted by atomic mass is 32.1. The number of hydrogen-bond acceptors (Lipinski definition) is 6. The van der Waals surface area contributed by atoms with Gasteiger partial charge in [-0.3, -0.25) is 14.0 Å². The van der Waals surface area contributed by atoms with Crippen LogP contribution in [0.25, 0.3) is 4.96 Å². The number of amides is 1. The predicted octanol–water partition coefficient (Wildman–Crippen LogP) is 0.0379. The average Bonchev–Trinajstić information content (AvgIpc) is 3.07. The lowest BCUT2D eigenvalue weighted by molar-refractivity contribution is -0.144. The predicted molar refractivity (Wildman–Crippen MR) is 77.3 cm³/mol. The van der Waals surface area contributed by atoms with Gasteiger partial charge in [-0.05, 0) is 6.92 Å². The number of aryl methyl sites for hydroxylation is 1. The Morgan fingerprint density at radius 2 is 2.32 bits per heavy atom. The molecule has 3 heterocycles. The highest BCUT2D eigenvalue weighted by Crippen LogP contribution is 2.19. The van der Waals surface area contributed by atoms with E-state index in [1.807, 2.05) is 0 Å². The molecule has 0 radical (unpaired) electrons. The van der Waals surface area contributed by atoms with Gasteiger partial charge in [-0.15, -0.1) is 11.3 Å². The number of carbonyl (C=O) groups is 2. The van der Waals surface area contributed by atoms with E-state index in [1.54, 1.807) is 12.3 Å². The van der Waals surface area contributed by atoms with Crippen molar-refractivity contribution < 1.29 is 19.4 Å². The van der Waals surface area contributed by atoms with Crippen molar-refractivity contribution in [2.45, 2.75) is 18.9 Å². The minimum Gasteiger partial charge on any atom is -0.479 e. The number of nitrogens with zero attached hydrogens (tertiary/aromatic N) is 2. The third kappa shape index (κ3) is 2.18. The van der Waals surface area contributed by atoms with Crippen molar-refractivity contribution in [1.29, 1.82) is 0 Å². The molecule has 1 atom stereocenters. The second-order valence-corrected chi connectivity index (χ2v) is 5.95. The van der Waals surface area contributed by atoms with Crippen LogP contribution in [-0.4, -0.2) is 45.1 Å². The number of rotatable bonds is 3. The number of hydrogen-bond donors (Lipinski definition) is 2. The summed E-state index contributed by atoms with van der Waals surface area (Å²) in [4.78, 5) is 40.7. The molecule has 2 aromatic heterocycles. The van der Waals surface area contributed by atoms with Crippen molar-refractivity contribution >= 4 is 28.2 Å². The first-order chi connectivity index (χ1) is 10.4. The summed E-state index contributed by atoms with van der Waals surface area (Å²) in [6.45, 7) is 1.85. The van der Waals surface area contributed by atoms with Crippen LogP contribution in [0, 0.1) is 6.92 Å². The van der Waals surface area contributed by atoms with E-state index in [9.17, 15) is 19.5 Å². The molecule has 3 rings (SSSR count). The van der Waals surface area contributed by atoms with Crippen molar-refractivity contribution in [2.24, 2.45) is 0 Å². The van der Waals surface area contributed by atoms with E-state index in [0.717, 1.165) is 0 Å². The summed E-state index contributed by atoms with van der Waals surface area (Å²) in [5, 5.41) is 13.5. The molecule has 22 heavy (non-hydrogen) atoms. The lowest BCUT2D eigenvalue weighted by Gasteiger charge is -2.23. The Labute approximate surface area is 128 Å². The number of thiazole rings is 1. The molecule has 0 bridgehead atoms. The number of carboxylic acids is 1. The van der Waals surface area contributed by atoms with Gasteiger partial charge in [0, 0.05) is 30.3 Å². The number of fused-ring (bicyclic) bond motifs is 1. The number of carbonyl (C=O) groups excluding carboxylic acids is 1. The standard InChI is InChI=1S/C13H13N3O5S/c1-7-5-22-12-14-4-8(10(18)16(7)12)9(17)15-13(11(19)20)2-3-21-6-13/h4-5H,2-3,6H2,1H3,(H,15,17)(H,19,20). The second kappa shape index (κ2) is 5.18. The zero-order valence-electron chi connectivity index (χ0n) is 11.7. The van der Waals surface area contributed by atoms with Crippen molar-refractivity contribution in [3.8, 4) is 0 Å². The second-order valence-electron chi connectivity index (χ2n) is 5.12. The van der Waals surface area contributed by atoms with Crippen LogP contribution in [-0.2, 0) is 9.53 Å². The van der Waals surface area contributed by atoms with E-state index in [-0.39, 0.29) is 25.2 Å². The minimum absolute atomic E-state index is 0.122. The van der Waals surface area contributed by atoms with Crippen LogP contribution < -0.4 is 10.9 Å². The van der Waals surface area contributed by atoms with E-state index >= 15 is 0 Å². The first-order valence-corrected chi connectivity index (χ1v) is 7.42. The number of nitrogens with one attached hydrogen (secondary N) is 1. The van der Waals surface area contributed by atoms with Gasteiger partial charge in [0.2, 0.25) is 0 Å². The molecule has 116 valence electrons. The van der Waals surface area contributed by atoms with Crippen LogP contribution in [0.5, 0.6) is 0 Å². The largest absolute Gasteiger partial charge is 0.479 e. The maximum absolute atomic E-state index is 12.4. The Kier molecular flexibility index (Phi) is 3.45. The van der Waals surface area contributed by atoms with E-state index in [4.69, 9.17) is 4.74 Å². The molecule has 1 aliphatic rings. The van der Waals surface area contributed by atoms with Crippen molar-refractivity contribution in [3.05, 3.63) is 33.2 Å². The molecule has 1 unspecified atom stereocenters. The Bertz CT molecular complexity index is 819. The Morgan fingerprint density at radius 1 is 1.55 bits per heavy atom. The normalized spacial score (nSPS) is 21.1. The molecule has 0 aromatic carbocycles. The maximum atomic E-state index is 12.4. The smallest absolute Gasteiger partial charge is 0.331 e. The highest BCUT2D eigenvalue weighted by molar-refractivity contribution is 7.15. The molecular formula is C13H13N3O5S. The van der Waals surface area contributed by atoms with Gasteiger partial charge in [0.15, 0.2) is 10.5 Å². The Balaban J connectivity index is 1.99. The fraction of sp³-hybridized carbons (Fsp3) is 0.385. The van der Waals surface area contributed by atoms with E-state index in [1.165, 1.54) is 21.9 Å². The summed E-state index contributed by atoms with van der Waals surface area (Å²) in [7, 11) is 0. The molecule has 0 aliphatic carbocycles. The molecule has 0 saturated carbocycles. The number of aromatic nitrogens is 2. The lowest BCUT2D eigenvalue weighted by atomic mass is 9.98.